The molecule has 2 aromatic carbocycles. The van der Waals surface area contributed by atoms with Gasteiger partial charge in [0.05, 0.1) is 6.04 Å². The summed E-state index contributed by atoms with van der Waals surface area (Å²) in [5.41, 5.74) is 18.2. The third-order valence-electron chi connectivity index (χ3n) is 6.83. The second-order valence-electron chi connectivity index (χ2n) is 10.5. The Morgan fingerprint density at radius 1 is 0.750 bits per heavy atom. The predicted molar refractivity (Wildman–Crippen MR) is 165 cm³/mol. The molecule has 0 heterocycles. The summed E-state index contributed by atoms with van der Waals surface area (Å²) < 4.78 is 0. The monoisotopic (exact) mass is 612 g/mol. The van der Waals surface area contributed by atoms with Crippen molar-refractivity contribution in [1.82, 2.24) is 21.3 Å². The molecule has 0 spiro atoms. The van der Waals surface area contributed by atoms with Crippen LogP contribution in [0.15, 0.2) is 54.6 Å². The van der Waals surface area contributed by atoms with E-state index in [0.717, 1.165) is 0 Å². The molecule has 44 heavy (non-hydrogen) atoms. The van der Waals surface area contributed by atoms with Crippen molar-refractivity contribution < 1.29 is 29.4 Å². The van der Waals surface area contributed by atoms with Gasteiger partial charge in [-0.2, -0.15) is 0 Å². The summed E-state index contributed by atoms with van der Waals surface area (Å²) in [6.07, 6.45) is 2.11. The zero-order valence-electron chi connectivity index (χ0n) is 24.6. The van der Waals surface area contributed by atoms with Crippen LogP contribution in [0.5, 0.6) is 5.75 Å². The van der Waals surface area contributed by atoms with E-state index in [1.165, 1.54) is 12.1 Å². The summed E-state index contributed by atoms with van der Waals surface area (Å²) in [6, 6.07) is 10.4. The Morgan fingerprint density at radius 3 is 1.93 bits per heavy atom. The SMILES string of the molecule is N=C(N)NCCC[C@@H](NC(=O)[C@@H](Cc1ccc(O)cc1)NC(=O)[C@H](N)CCCCN)C(=O)N[C@@H](Cc1ccccc1)C(=O)O. The standard InChI is InChI=1S/C30H44N8O6/c31-15-5-4-9-22(32)26(40)37-24(17-20-11-13-21(39)14-12-20)28(42)36-23(10-6-16-35-30(33)34)27(41)38-25(29(43)44)18-19-7-2-1-3-8-19/h1-3,7-8,11-14,22-25,39H,4-6,9-10,15-18,31-32H2,(H,36,42)(H,37,40)(H,38,41)(H,43,44)(H4,33,34,35)/t22-,23-,24-,25+/m1/s1. The van der Waals surface area contributed by atoms with E-state index in [4.69, 9.17) is 22.6 Å². The Bertz CT molecular complexity index is 1230. The molecule has 14 nitrogen and oxygen atoms in total. The number of phenolic OH excluding ortho intramolecular Hbond substituents is 1. The molecule has 2 aromatic rings. The van der Waals surface area contributed by atoms with E-state index in [1.54, 1.807) is 42.5 Å². The van der Waals surface area contributed by atoms with Gasteiger partial charge in [0.1, 0.15) is 23.9 Å². The molecule has 0 aromatic heterocycles. The number of hydrogen-bond donors (Lipinski definition) is 10. The number of carbonyl (C=O) groups is 4. The van der Waals surface area contributed by atoms with Crippen LogP contribution in [0.25, 0.3) is 0 Å². The zero-order chi connectivity index (χ0) is 32.5. The fourth-order valence-electron chi connectivity index (χ4n) is 4.39. The van der Waals surface area contributed by atoms with Gasteiger partial charge in [-0.3, -0.25) is 19.8 Å². The highest BCUT2D eigenvalue weighted by Gasteiger charge is 2.30. The average molecular weight is 613 g/mol. The second-order valence-corrected chi connectivity index (χ2v) is 10.5. The number of nitrogens with one attached hydrogen (secondary N) is 5. The lowest BCUT2D eigenvalue weighted by Crippen LogP contribution is -2.57. The molecule has 0 aliphatic rings. The van der Waals surface area contributed by atoms with Crippen LogP contribution >= 0.6 is 0 Å². The summed E-state index contributed by atoms with van der Waals surface area (Å²) in [6.45, 7) is 0.687. The number of aliphatic carboxylic acids is 1. The Morgan fingerprint density at radius 2 is 1.32 bits per heavy atom. The maximum Gasteiger partial charge on any atom is 0.326 e. The van der Waals surface area contributed by atoms with Crippen molar-refractivity contribution >= 4 is 29.7 Å². The molecule has 4 atom stereocenters. The number of unbranched alkanes of at least 4 members (excludes halogenated alkanes) is 1. The molecule has 0 bridgehead atoms. The zero-order valence-corrected chi connectivity index (χ0v) is 24.6. The normalized spacial score (nSPS) is 13.5. The van der Waals surface area contributed by atoms with Crippen LogP contribution in [-0.4, -0.2) is 77.1 Å². The number of carboxylic acid groups (broad SMARTS) is 1. The number of guanidine groups is 1. The number of benzene rings is 2. The first-order chi connectivity index (χ1) is 21.0. The Balaban J connectivity index is 2.24. The topological polar surface area (TPSA) is 259 Å². The molecule has 0 aliphatic carbocycles. The molecule has 0 aliphatic heterocycles. The van der Waals surface area contributed by atoms with E-state index >= 15 is 0 Å². The molecule has 0 unspecified atom stereocenters. The lowest BCUT2D eigenvalue weighted by molar-refractivity contribution is -0.142. The summed E-state index contributed by atoms with van der Waals surface area (Å²) in [7, 11) is 0. The second kappa shape index (κ2) is 18.8. The van der Waals surface area contributed by atoms with E-state index in [-0.39, 0.29) is 37.5 Å². The van der Waals surface area contributed by atoms with Gasteiger partial charge in [-0.25, -0.2) is 4.79 Å². The van der Waals surface area contributed by atoms with Crippen molar-refractivity contribution in [2.75, 3.05) is 13.1 Å². The van der Waals surface area contributed by atoms with E-state index in [1.807, 2.05) is 0 Å². The lowest BCUT2D eigenvalue weighted by Gasteiger charge is -2.25. The fourth-order valence-corrected chi connectivity index (χ4v) is 4.39. The molecule has 14 heteroatoms. The number of hydrogen-bond acceptors (Lipinski definition) is 8. The largest absolute Gasteiger partial charge is 0.508 e. The van der Waals surface area contributed by atoms with E-state index in [9.17, 15) is 29.4 Å². The number of aromatic hydroxyl groups is 1. The summed E-state index contributed by atoms with van der Waals surface area (Å²) in [4.78, 5) is 51.9. The summed E-state index contributed by atoms with van der Waals surface area (Å²) in [5.74, 6) is -3.44. The van der Waals surface area contributed by atoms with Crippen molar-refractivity contribution in [3.63, 3.8) is 0 Å². The van der Waals surface area contributed by atoms with Gasteiger partial charge in [0, 0.05) is 19.4 Å². The summed E-state index contributed by atoms with van der Waals surface area (Å²) >= 11 is 0. The molecule has 0 fully saturated rings. The lowest BCUT2D eigenvalue weighted by atomic mass is 10.0. The Labute approximate surface area is 256 Å². The maximum atomic E-state index is 13.6. The number of rotatable bonds is 19. The van der Waals surface area contributed by atoms with E-state index in [2.05, 4.69) is 21.3 Å². The number of carboxylic acids is 1. The molecule has 3 amide bonds. The van der Waals surface area contributed by atoms with Crippen LogP contribution < -0.4 is 38.5 Å². The van der Waals surface area contributed by atoms with Crippen molar-refractivity contribution in [3.8, 4) is 5.75 Å². The van der Waals surface area contributed by atoms with Crippen LogP contribution in [0, 0.1) is 5.41 Å². The van der Waals surface area contributed by atoms with Gasteiger partial charge >= 0.3 is 5.97 Å². The predicted octanol–water partition coefficient (Wildman–Crippen LogP) is -0.564. The average Bonchev–Trinajstić information content (AvgIpc) is 2.99. The van der Waals surface area contributed by atoms with Gasteiger partial charge in [0.15, 0.2) is 5.96 Å². The fraction of sp³-hybridized carbons (Fsp3) is 0.433. The Hall–Kier alpha value is -4.69. The van der Waals surface area contributed by atoms with Gasteiger partial charge in [-0.15, -0.1) is 0 Å². The third kappa shape index (κ3) is 13.1. The molecule has 13 N–H and O–H groups in total. The Kier molecular flexibility index (Phi) is 15.1. The van der Waals surface area contributed by atoms with Crippen molar-refractivity contribution in [3.05, 3.63) is 65.7 Å². The maximum absolute atomic E-state index is 13.6. The van der Waals surface area contributed by atoms with Gasteiger partial charge in [-0.05, 0) is 55.5 Å². The number of phenols is 1. The van der Waals surface area contributed by atoms with Gasteiger partial charge in [0.2, 0.25) is 17.7 Å². The molecular formula is C30H44N8O6. The van der Waals surface area contributed by atoms with Crippen LogP contribution in [0.1, 0.15) is 43.2 Å². The number of nitrogens with two attached hydrogens (primary N) is 3. The molecule has 0 saturated carbocycles. The minimum absolute atomic E-state index is 0.0239. The highest BCUT2D eigenvalue weighted by Crippen LogP contribution is 2.13. The van der Waals surface area contributed by atoms with Crippen molar-refractivity contribution in [2.24, 2.45) is 17.2 Å². The third-order valence-corrected chi connectivity index (χ3v) is 6.83. The van der Waals surface area contributed by atoms with Crippen LogP contribution in [0.4, 0.5) is 0 Å². The molecule has 2 rings (SSSR count). The summed E-state index contributed by atoms with van der Waals surface area (Å²) in [5, 5.41) is 37.3. The van der Waals surface area contributed by atoms with Gasteiger partial charge in [0.25, 0.3) is 0 Å². The first-order valence-corrected chi connectivity index (χ1v) is 14.5. The molecular weight excluding hydrogens is 568 g/mol. The number of amides is 3. The molecule has 0 saturated heterocycles. The number of carbonyl (C=O) groups excluding carboxylic acids is 3. The van der Waals surface area contributed by atoms with Crippen molar-refractivity contribution in [2.45, 2.75) is 69.1 Å². The van der Waals surface area contributed by atoms with Gasteiger partial charge in [-0.1, -0.05) is 48.9 Å². The highest BCUT2D eigenvalue weighted by molar-refractivity contribution is 5.94. The van der Waals surface area contributed by atoms with E-state index in [0.29, 0.717) is 43.4 Å². The minimum atomic E-state index is -1.27. The molecule has 0 radical (unpaired) electrons. The first-order valence-electron chi connectivity index (χ1n) is 14.5. The van der Waals surface area contributed by atoms with E-state index < -0.39 is 47.9 Å². The van der Waals surface area contributed by atoms with Gasteiger partial charge < -0.3 is 48.7 Å². The smallest absolute Gasteiger partial charge is 0.326 e. The molecule has 240 valence electrons. The first kappa shape index (κ1) is 35.5. The van der Waals surface area contributed by atoms with Crippen LogP contribution in [-0.2, 0) is 32.0 Å². The van der Waals surface area contributed by atoms with Crippen molar-refractivity contribution in [1.29, 1.82) is 5.41 Å². The minimum Gasteiger partial charge on any atom is -0.508 e. The van der Waals surface area contributed by atoms with Crippen LogP contribution in [0.2, 0.25) is 0 Å². The highest BCUT2D eigenvalue weighted by atomic mass is 16.4. The quantitative estimate of drug-likeness (QED) is 0.0549. The van der Waals surface area contributed by atoms with Crippen LogP contribution in [0.3, 0.4) is 0 Å².